The fourth-order valence-electron chi connectivity index (χ4n) is 4.55. The highest BCUT2D eigenvalue weighted by Gasteiger charge is 2.28. The van der Waals surface area contributed by atoms with Crippen molar-refractivity contribution in [1.82, 2.24) is 0 Å². The van der Waals surface area contributed by atoms with Gasteiger partial charge in [-0.15, -0.1) is 0 Å². The Morgan fingerprint density at radius 2 is 1.41 bits per heavy atom. The largest absolute Gasteiger partial charge is 0.373 e. The lowest BCUT2D eigenvalue weighted by atomic mass is 9.90. The molecule has 4 rings (SSSR count). The maximum atomic E-state index is 15.0. The number of halogens is 5. The molecule has 6 heteroatoms. The zero-order chi connectivity index (χ0) is 24.4. The molecule has 3 aromatic carbocycles. The van der Waals surface area contributed by atoms with Crippen molar-refractivity contribution in [3.8, 4) is 22.3 Å². The van der Waals surface area contributed by atoms with Crippen LogP contribution >= 0.6 is 0 Å². The van der Waals surface area contributed by atoms with Crippen LogP contribution < -0.4 is 0 Å². The van der Waals surface area contributed by atoms with Crippen molar-refractivity contribution < 1.29 is 26.7 Å². The summed E-state index contributed by atoms with van der Waals surface area (Å²) in [6.07, 6.45) is 4.31. The van der Waals surface area contributed by atoms with Gasteiger partial charge in [0.1, 0.15) is 5.82 Å². The molecule has 1 saturated heterocycles. The van der Waals surface area contributed by atoms with E-state index in [0.717, 1.165) is 37.5 Å². The lowest BCUT2D eigenvalue weighted by Crippen LogP contribution is -2.21. The van der Waals surface area contributed by atoms with Crippen LogP contribution in [0.2, 0.25) is 0 Å². The molecule has 0 N–H and O–H groups in total. The van der Waals surface area contributed by atoms with Gasteiger partial charge in [-0.25, -0.2) is 22.0 Å². The Morgan fingerprint density at radius 3 is 1.97 bits per heavy atom. The Labute approximate surface area is 195 Å². The smallest absolute Gasteiger partial charge is 0.167 e. The van der Waals surface area contributed by atoms with Gasteiger partial charge in [0, 0.05) is 27.8 Å². The molecule has 0 amide bonds. The molecule has 1 aliphatic heterocycles. The summed E-state index contributed by atoms with van der Waals surface area (Å²) in [7, 11) is 0. The van der Waals surface area contributed by atoms with Crippen molar-refractivity contribution in [3.05, 3.63) is 89.3 Å². The third kappa shape index (κ3) is 4.51. The molecule has 0 bridgehead atoms. The van der Waals surface area contributed by atoms with Crippen molar-refractivity contribution in [3.63, 3.8) is 0 Å². The lowest BCUT2D eigenvalue weighted by Gasteiger charge is -2.29. The van der Waals surface area contributed by atoms with E-state index in [1.165, 1.54) is 30.3 Å². The molecule has 1 heterocycles. The summed E-state index contributed by atoms with van der Waals surface area (Å²) < 4.78 is 80.0. The quantitative estimate of drug-likeness (QED) is 0.326. The summed E-state index contributed by atoms with van der Waals surface area (Å²) in [5, 5.41) is 0. The minimum absolute atomic E-state index is 0.0677. The first-order valence-electron chi connectivity index (χ1n) is 11.4. The van der Waals surface area contributed by atoms with Gasteiger partial charge in [-0.05, 0) is 36.8 Å². The van der Waals surface area contributed by atoms with Gasteiger partial charge in [0.15, 0.2) is 23.3 Å². The summed E-state index contributed by atoms with van der Waals surface area (Å²) in [4.78, 5) is 0. The molecule has 3 aromatic rings. The van der Waals surface area contributed by atoms with Crippen LogP contribution in [0.4, 0.5) is 22.0 Å². The summed E-state index contributed by atoms with van der Waals surface area (Å²) in [5.41, 5.74) is -0.765. The second-order valence-corrected chi connectivity index (χ2v) is 8.62. The highest BCUT2D eigenvalue weighted by atomic mass is 19.2. The van der Waals surface area contributed by atoms with E-state index in [9.17, 15) is 22.0 Å². The van der Waals surface area contributed by atoms with Gasteiger partial charge in [-0.2, -0.15) is 0 Å². The van der Waals surface area contributed by atoms with E-state index < -0.39 is 46.3 Å². The fraction of sp³-hybridized carbons (Fsp3) is 0.286. The van der Waals surface area contributed by atoms with E-state index in [1.54, 1.807) is 0 Å². The van der Waals surface area contributed by atoms with E-state index >= 15 is 0 Å². The third-order valence-electron chi connectivity index (χ3n) is 6.42. The van der Waals surface area contributed by atoms with Crippen molar-refractivity contribution in [2.24, 2.45) is 5.92 Å². The van der Waals surface area contributed by atoms with E-state index in [4.69, 9.17) is 4.74 Å². The van der Waals surface area contributed by atoms with Gasteiger partial charge in [0.05, 0.1) is 12.7 Å². The summed E-state index contributed by atoms with van der Waals surface area (Å²) >= 11 is 0. The minimum Gasteiger partial charge on any atom is -0.373 e. The molecule has 2 atom stereocenters. The molecule has 2 unspecified atom stereocenters. The standard InChI is InChI=1S/C28H25F5O/c1-3-5-17-7-13-24(34-15-17)22-12-11-21(27(32)28(22)33)20-10-9-19(25(30)26(20)31)18-8-6-16(4-2)14-23(18)29/h4,6,8-12,14,17,24H,2-3,5,7,13,15H2,1H3. The number of benzene rings is 3. The Balaban J connectivity index is 1.66. The van der Waals surface area contributed by atoms with Crippen molar-refractivity contribution in [1.29, 1.82) is 0 Å². The first kappa shape index (κ1) is 24.1. The molecule has 178 valence electrons. The lowest BCUT2D eigenvalue weighted by molar-refractivity contribution is -0.0214. The van der Waals surface area contributed by atoms with E-state index in [2.05, 4.69) is 13.5 Å². The van der Waals surface area contributed by atoms with Gasteiger partial charge in [0.2, 0.25) is 0 Å². The third-order valence-corrected chi connectivity index (χ3v) is 6.42. The van der Waals surface area contributed by atoms with Crippen LogP contribution in [0.15, 0.2) is 49.0 Å². The van der Waals surface area contributed by atoms with Crippen LogP contribution in [0.5, 0.6) is 0 Å². The Hall–Kier alpha value is -2.99. The zero-order valence-corrected chi connectivity index (χ0v) is 18.8. The van der Waals surface area contributed by atoms with Crippen LogP contribution in [0.1, 0.15) is 49.8 Å². The van der Waals surface area contributed by atoms with Crippen molar-refractivity contribution in [2.45, 2.75) is 38.7 Å². The normalized spacial score (nSPS) is 18.2. The topological polar surface area (TPSA) is 9.23 Å². The number of rotatable bonds is 6. The molecule has 0 saturated carbocycles. The SMILES string of the molecule is C=Cc1ccc(-c2ccc(-c3ccc(C4CCC(CCC)CO4)c(F)c3F)c(F)c2F)c(F)c1. The molecule has 1 nitrogen and oxygen atoms in total. The first-order chi connectivity index (χ1) is 16.3. The maximum Gasteiger partial charge on any atom is 0.167 e. The van der Waals surface area contributed by atoms with E-state index in [-0.39, 0.29) is 16.7 Å². The predicted molar refractivity (Wildman–Crippen MR) is 124 cm³/mol. The second kappa shape index (κ2) is 10.1. The Morgan fingerprint density at radius 1 is 0.824 bits per heavy atom. The molecular formula is C28H25F5O. The van der Waals surface area contributed by atoms with Gasteiger partial charge in [-0.3, -0.25) is 0 Å². The number of hydrogen-bond donors (Lipinski definition) is 0. The van der Waals surface area contributed by atoms with Crippen LogP contribution in [0.3, 0.4) is 0 Å². The average molecular weight is 472 g/mol. The highest BCUT2D eigenvalue weighted by Crippen LogP contribution is 2.38. The van der Waals surface area contributed by atoms with Crippen LogP contribution in [-0.2, 0) is 4.74 Å². The maximum absolute atomic E-state index is 15.0. The second-order valence-electron chi connectivity index (χ2n) is 8.62. The number of ether oxygens (including phenoxy) is 1. The van der Waals surface area contributed by atoms with E-state index in [0.29, 0.717) is 24.5 Å². The van der Waals surface area contributed by atoms with Gasteiger partial charge in [-0.1, -0.05) is 62.4 Å². The van der Waals surface area contributed by atoms with Crippen LogP contribution in [0, 0.1) is 35.0 Å². The first-order valence-corrected chi connectivity index (χ1v) is 11.4. The van der Waals surface area contributed by atoms with Crippen molar-refractivity contribution in [2.75, 3.05) is 6.61 Å². The average Bonchev–Trinajstić information content (AvgIpc) is 2.84. The molecule has 1 aliphatic rings. The number of hydrogen-bond acceptors (Lipinski definition) is 1. The summed E-state index contributed by atoms with van der Waals surface area (Å²) in [6.45, 7) is 6.10. The van der Waals surface area contributed by atoms with Crippen LogP contribution in [0.25, 0.3) is 28.3 Å². The monoisotopic (exact) mass is 472 g/mol. The molecule has 0 aromatic heterocycles. The van der Waals surface area contributed by atoms with Crippen LogP contribution in [-0.4, -0.2) is 6.61 Å². The Bertz CT molecular complexity index is 1210. The summed E-state index contributed by atoms with van der Waals surface area (Å²) in [5.74, 6) is -5.48. The van der Waals surface area contributed by atoms with Gasteiger partial charge < -0.3 is 4.74 Å². The minimum atomic E-state index is -1.38. The molecule has 34 heavy (non-hydrogen) atoms. The molecule has 0 spiro atoms. The zero-order valence-electron chi connectivity index (χ0n) is 18.8. The summed E-state index contributed by atoms with van der Waals surface area (Å²) in [6, 6.07) is 8.85. The van der Waals surface area contributed by atoms with Gasteiger partial charge in [0.25, 0.3) is 0 Å². The Kier molecular flexibility index (Phi) is 7.17. The fourth-order valence-corrected chi connectivity index (χ4v) is 4.55. The predicted octanol–water partition coefficient (Wildman–Crippen LogP) is 8.63. The van der Waals surface area contributed by atoms with Gasteiger partial charge >= 0.3 is 0 Å². The molecule has 0 aliphatic carbocycles. The molecule has 0 radical (unpaired) electrons. The molecule has 1 fully saturated rings. The van der Waals surface area contributed by atoms with Crippen molar-refractivity contribution >= 4 is 6.08 Å². The van der Waals surface area contributed by atoms with E-state index in [1.807, 2.05) is 0 Å². The highest BCUT2D eigenvalue weighted by molar-refractivity contribution is 5.73. The molecular weight excluding hydrogens is 447 g/mol.